The summed E-state index contributed by atoms with van der Waals surface area (Å²) in [6.45, 7) is 1.24. The van der Waals surface area contributed by atoms with Crippen molar-refractivity contribution in [1.82, 2.24) is 5.01 Å². The number of nitro benzene ring substituents is 2. The monoisotopic (exact) mass is 390 g/mol. The molecule has 1 amide bonds. The molecule has 10 nitrogen and oxygen atoms in total. The number of benzene rings is 2. The van der Waals surface area contributed by atoms with Gasteiger partial charge in [-0.15, -0.1) is 5.10 Å². The molecule has 0 unspecified atom stereocenters. The summed E-state index contributed by atoms with van der Waals surface area (Å²) < 4.78 is 5.68. The van der Waals surface area contributed by atoms with Crippen LogP contribution in [0.4, 0.5) is 11.4 Å². The fraction of sp³-hybridized carbons (Fsp3) is 0.125. The maximum atomic E-state index is 12.0. The van der Waals surface area contributed by atoms with Gasteiger partial charge in [0.05, 0.1) is 9.85 Å². The number of carbonyl (C=O) groups excluding carboxylic acids is 1. The van der Waals surface area contributed by atoms with Crippen LogP contribution in [0.5, 0.6) is 0 Å². The molecule has 1 atom stereocenters. The van der Waals surface area contributed by atoms with Gasteiger partial charge in [0.25, 0.3) is 11.4 Å². The first-order valence-corrected chi connectivity index (χ1v) is 7.89. The molecule has 0 spiro atoms. The molecule has 0 bridgehead atoms. The second-order valence-corrected chi connectivity index (χ2v) is 5.92. The van der Waals surface area contributed by atoms with Crippen molar-refractivity contribution in [2.24, 2.45) is 5.10 Å². The molecule has 0 fully saturated rings. The highest BCUT2D eigenvalue weighted by Gasteiger charge is 2.35. The predicted octanol–water partition coefficient (Wildman–Crippen LogP) is 3.40. The summed E-state index contributed by atoms with van der Waals surface area (Å²) >= 11 is 6.13. The van der Waals surface area contributed by atoms with Gasteiger partial charge in [0.2, 0.25) is 18.0 Å². The van der Waals surface area contributed by atoms with Crippen LogP contribution >= 0.6 is 11.6 Å². The van der Waals surface area contributed by atoms with Crippen molar-refractivity contribution < 1.29 is 19.4 Å². The van der Waals surface area contributed by atoms with Gasteiger partial charge in [-0.1, -0.05) is 17.7 Å². The Morgan fingerprint density at radius 2 is 1.81 bits per heavy atom. The van der Waals surface area contributed by atoms with Crippen LogP contribution in [0.15, 0.2) is 47.6 Å². The fourth-order valence-corrected chi connectivity index (χ4v) is 2.68. The Morgan fingerprint density at radius 3 is 2.44 bits per heavy atom. The minimum Gasteiger partial charge on any atom is -0.446 e. The zero-order chi connectivity index (χ0) is 19.7. The second kappa shape index (κ2) is 7.00. The molecule has 0 saturated heterocycles. The average molecular weight is 391 g/mol. The van der Waals surface area contributed by atoms with Gasteiger partial charge in [-0.25, -0.2) is 0 Å². The highest BCUT2D eigenvalue weighted by Crippen LogP contribution is 2.36. The second-order valence-electron chi connectivity index (χ2n) is 5.51. The zero-order valence-corrected chi connectivity index (χ0v) is 14.5. The van der Waals surface area contributed by atoms with E-state index in [1.54, 1.807) is 0 Å². The Kier molecular flexibility index (Phi) is 4.74. The number of amides is 1. The maximum Gasteiger partial charge on any atom is 0.270 e. The number of non-ortho nitro benzene ring substituents is 2. The summed E-state index contributed by atoms with van der Waals surface area (Å²) in [4.78, 5) is 32.8. The average Bonchev–Trinajstić information content (AvgIpc) is 3.07. The molecule has 11 heteroatoms. The molecule has 138 valence electrons. The third kappa shape index (κ3) is 3.55. The van der Waals surface area contributed by atoms with E-state index < -0.39 is 22.0 Å². The molecule has 1 aliphatic heterocycles. The lowest BCUT2D eigenvalue weighted by atomic mass is 10.1. The minimum absolute atomic E-state index is 0.0403. The number of carbonyl (C=O) groups is 1. The fourth-order valence-electron chi connectivity index (χ4n) is 2.47. The number of hydrogen-bond donors (Lipinski definition) is 0. The molecule has 0 aromatic heterocycles. The Hall–Kier alpha value is -3.53. The molecular formula is C16H11ClN4O6. The Morgan fingerprint density at radius 1 is 1.15 bits per heavy atom. The molecule has 0 radical (unpaired) electrons. The van der Waals surface area contributed by atoms with Gasteiger partial charge in [0.15, 0.2) is 0 Å². The molecule has 27 heavy (non-hydrogen) atoms. The largest absolute Gasteiger partial charge is 0.446 e. The van der Waals surface area contributed by atoms with Crippen LogP contribution in [0, 0.1) is 20.2 Å². The van der Waals surface area contributed by atoms with E-state index in [9.17, 15) is 25.0 Å². The van der Waals surface area contributed by atoms with Crippen molar-refractivity contribution in [3.63, 3.8) is 0 Å². The molecule has 1 heterocycles. The SMILES string of the molecule is CC(=O)N1N=C(c2cccc([N+](=O)[O-])c2)O[C@H]1c1cc([N+](=O)[O-])ccc1Cl. The van der Waals surface area contributed by atoms with Crippen LogP contribution in [0.25, 0.3) is 0 Å². The van der Waals surface area contributed by atoms with Gasteiger partial charge in [0, 0.05) is 47.3 Å². The molecule has 0 N–H and O–H groups in total. The summed E-state index contributed by atoms with van der Waals surface area (Å²) in [5, 5.41) is 27.2. The van der Waals surface area contributed by atoms with Crippen LogP contribution in [-0.2, 0) is 9.53 Å². The van der Waals surface area contributed by atoms with Crippen molar-refractivity contribution in [3.05, 3.63) is 78.8 Å². The molecule has 2 aromatic rings. The van der Waals surface area contributed by atoms with E-state index in [4.69, 9.17) is 16.3 Å². The van der Waals surface area contributed by atoms with Gasteiger partial charge in [-0.2, -0.15) is 5.01 Å². The number of hydrogen-bond acceptors (Lipinski definition) is 7. The topological polar surface area (TPSA) is 128 Å². The van der Waals surface area contributed by atoms with Crippen LogP contribution in [-0.4, -0.2) is 26.7 Å². The summed E-state index contributed by atoms with van der Waals surface area (Å²) in [6, 6.07) is 9.26. The van der Waals surface area contributed by atoms with Crippen LogP contribution in [0.1, 0.15) is 24.3 Å². The van der Waals surface area contributed by atoms with E-state index in [2.05, 4.69) is 5.10 Å². The Labute approximate surface area is 156 Å². The van der Waals surface area contributed by atoms with Gasteiger partial charge < -0.3 is 4.74 Å². The van der Waals surface area contributed by atoms with Crippen molar-refractivity contribution in [3.8, 4) is 0 Å². The van der Waals surface area contributed by atoms with E-state index in [-0.39, 0.29) is 33.4 Å². The van der Waals surface area contributed by atoms with Crippen LogP contribution in [0.3, 0.4) is 0 Å². The Bertz CT molecular complexity index is 993. The number of hydrazone groups is 1. The zero-order valence-electron chi connectivity index (χ0n) is 13.7. The first-order valence-electron chi connectivity index (χ1n) is 7.51. The predicted molar refractivity (Wildman–Crippen MR) is 94.1 cm³/mol. The normalized spacial score (nSPS) is 15.9. The van der Waals surface area contributed by atoms with Gasteiger partial charge in [-0.3, -0.25) is 25.0 Å². The van der Waals surface area contributed by atoms with E-state index in [1.165, 1.54) is 49.4 Å². The highest BCUT2D eigenvalue weighted by atomic mass is 35.5. The summed E-state index contributed by atoms with van der Waals surface area (Å²) in [7, 11) is 0. The van der Waals surface area contributed by atoms with E-state index in [1.807, 2.05) is 0 Å². The lowest BCUT2D eigenvalue weighted by Crippen LogP contribution is -2.25. The summed E-state index contributed by atoms with van der Waals surface area (Å²) in [6.07, 6.45) is -1.14. The van der Waals surface area contributed by atoms with Gasteiger partial charge in [-0.05, 0) is 12.1 Å². The molecular weight excluding hydrogens is 380 g/mol. The van der Waals surface area contributed by atoms with Crippen LogP contribution < -0.4 is 0 Å². The van der Waals surface area contributed by atoms with Crippen molar-refractivity contribution in [2.75, 3.05) is 0 Å². The molecule has 0 aliphatic carbocycles. The first kappa shape index (κ1) is 18.3. The molecule has 2 aromatic carbocycles. The first-order chi connectivity index (χ1) is 12.8. The highest BCUT2D eigenvalue weighted by molar-refractivity contribution is 6.31. The lowest BCUT2D eigenvalue weighted by Gasteiger charge is -2.20. The summed E-state index contributed by atoms with van der Waals surface area (Å²) in [5.74, 6) is -0.538. The minimum atomic E-state index is -1.14. The van der Waals surface area contributed by atoms with E-state index in [0.29, 0.717) is 0 Å². The third-order valence-electron chi connectivity index (χ3n) is 3.73. The van der Waals surface area contributed by atoms with Gasteiger partial charge in [0.1, 0.15) is 0 Å². The standard InChI is InChI=1S/C16H11ClN4O6/c1-9(22)19-16(13-8-12(21(25)26)5-6-14(13)17)27-15(18-19)10-3-2-4-11(7-10)20(23)24/h2-8,16H,1H3/t16-/m0/s1. The number of halogens is 1. The molecule has 3 rings (SSSR count). The lowest BCUT2D eigenvalue weighted by molar-refractivity contribution is -0.385. The number of nitrogens with zero attached hydrogens (tertiary/aromatic N) is 4. The van der Waals surface area contributed by atoms with Crippen molar-refractivity contribution in [1.29, 1.82) is 0 Å². The van der Waals surface area contributed by atoms with Crippen molar-refractivity contribution >= 4 is 34.8 Å². The smallest absolute Gasteiger partial charge is 0.270 e. The maximum absolute atomic E-state index is 12.0. The number of nitro groups is 2. The van der Waals surface area contributed by atoms with E-state index in [0.717, 1.165) is 5.01 Å². The molecule has 1 aliphatic rings. The van der Waals surface area contributed by atoms with Crippen molar-refractivity contribution in [2.45, 2.75) is 13.2 Å². The summed E-state index contributed by atoms with van der Waals surface area (Å²) in [5.41, 5.74) is 0.0417. The number of rotatable bonds is 4. The quantitative estimate of drug-likeness (QED) is 0.581. The van der Waals surface area contributed by atoms with Crippen LogP contribution in [0.2, 0.25) is 5.02 Å². The van der Waals surface area contributed by atoms with Gasteiger partial charge >= 0.3 is 0 Å². The third-order valence-corrected chi connectivity index (χ3v) is 4.07. The molecule has 0 saturated carbocycles. The Balaban J connectivity index is 2.02. The van der Waals surface area contributed by atoms with E-state index >= 15 is 0 Å². The number of ether oxygens (including phenoxy) is 1.